The molecule has 1 rings (SSSR count). The maximum Gasteiger partial charge on any atom is 0.101 e. The van der Waals surface area contributed by atoms with Crippen LogP contribution in [0.1, 0.15) is 37.6 Å². The Hall–Kier alpha value is -1.44. The summed E-state index contributed by atoms with van der Waals surface area (Å²) in [7, 11) is 6.23. The van der Waals surface area contributed by atoms with Gasteiger partial charge in [-0.1, -0.05) is 20.8 Å². The monoisotopic (exact) mass is 274 g/mol. The molecule has 0 atom stereocenters. The van der Waals surface area contributed by atoms with Crippen LogP contribution in [0, 0.1) is 11.3 Å². The van der Waals surface area contributed by atoms with E-state index in [2.05, 4.69) is 62.8 Å². The van der Waals surface area contributed by atoms with Crippen molar-refractivity contribution in [3.8, 4) is 6.07 Å². The zero-order valence-corrected chi connectivity index (χ0v) is 13.6. The first-order chi connectivity index (χ1) is 9.24. The highest BCUT2D eigenvalue weighted by Crippen LogP contribution is 2.24. The summed E-state index contributed by atoms with van der Waals surface area (Å²) >= 11 is 0. The topological polar surface area (TPSA) is 43.2 Å². The quantitative estimate of drug-likeness (QED) is 0.826. The molecule has 0 aliphatic carbocycles. The van der Waals surface area contributed by atoms with Crippen molar-refractivity contribution in [1.82, 2.24) is 14.8 Å². The number of aromatic nitrogens is 1. The van der Waals surface area contributed by atoms with Crippen LogP contribution in [-0.4, -0.2) is 49.0 Å². The summed E-state index contributed by atoms with van der Waals surface area (Å²) in [5.74, 6) is 0. The van der Waals surface area contributed by atoms with Crippen LogP contribution in [0.15, 0.2) is 12.3 Å². The molecule has 0 amide bonds. The lowest BCUT2D eigenvalue weighted by atomic mass is 9.88. The summed E-state index contributed by atoms with van der Waals surface area (Å²) < 4.78 is 0. The lowest BCUT2D eigenvalue weighted by Gasteiger charge is -2.22. The highest BCUT2D eigenvalue weighted by Gasteiger charge is 2.20. The van der Waals surface area contributed by atoms with Crippen LogP contribution in [0.25, 0.3) is 0 Å². The summed E-state index contributed by atoms with van der Waals surface area (Å²) in [6.45, 7) is 9.09. The molecule has 4 nitrogen and oxygen atoms in total. The maximum absolute atomic E-state index is 9.31. The molecule has 0 unspecified atom stereocenters. The average molecular weight is 274 g/mol. The summed E-state index contributed by atoms with van der Waals surface area (Å²) in [4.78, 5) is 8.92. The Labute approximate surface area is 123 Å². The molecule has 110 valence electrons. The van der Waals surface area contributed by atoms with Crippen molar-refractivity contribution in [3.05, 3.63) is 29.1 Å². The molecule has 0 radical (unpaired) electrons. The maximum atomic E-state index is 9.31. The molecule has 0 spiro atoms. The Morgan fingerprint density at radius 2 is 1.85 bits per heavy atom. The highest BCUT2D eigenvalue weighted by atomic mass is 15.1. The highest BCUT2D eigenvalue weighted by molar-refractivity contribution is 5.39. The van der Waals surface area contributed by atoms with Crippen molar-refractivity contribution in [2.24, 2.45) is 0 Å². The van der Waals surface area contributed by atoms with Gasteiger partial charge in [0.1, 0.15) is 6.07 Å². The first-order valence-corrected chi connectivity index (χ1v) is 6.97. The van der Waals surface area contributed by atoms with Gasteiger partial charge in [0.25, 0.3) is 0 Å². The predicted molar refractivity (Wildman–Crippen MR) is 82.5 cm³/mol. The van der Waals surface area contributed by atoms with Gasteiger partial charge < -0.3 is 9.80 Å². The van der Waals surface area contributed by atoms with Crippen molar-refractivity contribution in [3.63, 3.8) is 0 Å². The minimum Gasteiger partial charge on any atom is -0.308 e. The summed E-state index contributed by atoms with van der Waals surface area (Å²) in [5, 5.41) is 9.31. The number of hydrogen-bond donors (Lipinski definition) is 0. The van der Waals surface area contributed by atoms with E-state index in [1.54, 1.807) is 0 Å². The summed E-state index contributed by atoms with van der Waals surface area (Å²) in [6, 6.07) is 4.25. The fourth-order valence-electron chi connectivity index (χ4n) is 2.04. The smallest absolute Gasteiger partial charge is 0.101 e. The number of rotatable bonds is 5. The minimum absolute atomic E-state index is 0.0968. The molecular formula is C16H26N4. The third kappa shape index (κ3) is 4.92. The van der Waals surface area contributed by atoms with E-state index in [1.807, 2.05) is 12.3 Å². The van der Waals surface area contributed by atoms with Crippen LogP contribution >= 0.6 is 0 Å². The van der Waals surface area contributed by atoms with Crippen LogP contribution in [0.2, 0.25) is 0 Å². The second-order valence-electron chi connectivity index (χ2n) is 6.64. The molecule has 0 saturated carbocycles. The Morgan fingerprint density at radius 3 is 2.35 bits per heavy atom. The van der Waals surface area contributed by atoms with Gasteiger partial charge >= 0.3 is 0 Å². The fourth-order valence-corrected chi connectivity index (χ4v) is 2.04. The Morgan fingerprint density at radius 1 is 1.20 bits per heavy atom. The zero-order valence-electron chi connectivity index (χ0n) is 13.6. The molecular weight excluding hydrogens is 248 g/mol. The normalized spacial score (nSPS) is 11.9. The van der Waals surface area contributed by atoms with Crippen molar-refractivity contribution in [1.29, 1.82) is 5.26 Å². The lowest BCUT2D eigenvalue weighted by Crippen LogP contribution is -2.28. The number of nitrogens with zero attached hydrogens (tertiary/aromatic N) is 4. The van der Waals surface area contributed by atoms with Crippen molar-refractivity contribution in [2.75, 3.05) is 34.2 Å². The van der Waals surface area contributed by atoms with E-state index in [-0.39, 0.29) is 5.41 Å². The van der Waals surface area contributed by atoms with Crippen LogP contribution in [-0.2, 0) is 12.0 Å². The van der Waals surface area contributed by atoms with Crippen LogP contribution in [0.4, 0.5) is 0 Å². The Kier molecular flexibility index (Phi) is 5.67. The van der Waals surface area contributed by atoms with Gasteiger partial charge in [-0.15, -0.1) is 0 Å². The average Bonchev–Trinajstić information content (AvgIpc) is 2.34. The number of pyridine rings is 1. The van der Waals surface area contributed by atoms with E-state index in [1.165, 1.54) is 0 Å². The van der Waals surface area contributed by atoms with E-state index in [4.69, 9.17) is 0 Å². The van der Waals surface area contributed by atoms with Crippen molar-refractivity contribution >= 4 is 0 Å². The first-order valence-electron chi connectivity index (χ1n) is 6.97. The molecule has 0 bridgehead atoms. The van der Waals surface area contributed by atoms with Gasteiger partial charge in [0, 0.05) is 31.2 Å². The van der Waals surface area contributed by atoms with Gasteiger partial charge in [-0.25, -0.2) is 0 Å². The molecule has 1 aromatic rings. The molecule has 20 heavy (non-hydrogen) atoms. The van der Waals surface area contributed by atoms with E-state index in [9.17, 15) is 5.26 Å². The van der Waals surface area contributed by atoms with Crippen LogP contribution in [0.3, 0.4) is 0 Å². The van der Waals surface area contributed by atoms with E-state index < -0.39 is 0 Å². The SMILES string of the molecule is CN(C)CCN(C)Cc1cnc(C(C)(C)C)c(C#N)c1. The fraction of sp³-hybridized carbons (Fsp3) is 0.625. The number of nitriles is 1. The molecule has 1 aromatic heterocycles. The summed E-state index contributed by atoms with van der Waals surface area (Å²) in [5.41, 5.74) is 2.56. The number of hydrogen-bond acceptors (Lipinski definition) is 4. The van der Waals surface area contributed by atoms with E-state index in [0.29, 0.717) is 5.56 Å². The van der Waals surface area contributed by atoms with Crippen LogP contribution < -0.4 is 0 Å². The Balaban J connectivity index is 2.81. The lowest BCUT2D eigenvalue weighted by molar-refractivity contribution is 0.276. The standard InChI is InChI=1S/C16H26N4/c1-16(2,3)15-14(10-17)9-13(11-18-15)12-20(6)8-7-19(4)5/h9,11H,7-8,12H2,1-6H3. The Bertz CT molecular complexity index is 480. The van der Waals surface area contributed by atoms with Gasteiger partial charge in [-0.05, 0) is 32.8 Å². The third-order valence-corrected chi connectivity index (χ3v) is 3.16. The second kappa shape index (κ2) is 6.83. The third-order valence-electron chi connectivity index (χ3n) is 3.16. The van der Waals surface area contributed by atoms with Gasteiger partial charge in [-0.2, -0.15) is 5.26 Å². The molecule has 4 heteroatoms. The van der Waals surface area contributed by atoms with Crippen LogP contribution in [0.5, 0.6) is 0 Å². The zero-order chi connectivity index (χ0) is 15.3. The second-order valence-corrected chi connectivity index (χ2v) is 6.64. The molecule has 0 N–H and O–H groups in total. The minimum atomic E-state index is -0.0968. The van der Waals surface area contributed by atoms with E-state index >= 15 is 0 Å². The van der Waals surface area contributed by atoms with Gasteiger partial charge in [0.2, 0.25) is 0 Å². The molecule has 0 fully saturated rings. The molecule has 0 aliphatic rings. The van der Waals surface area contributed by atoms with E-state index in [0.717, 1.165) is 30.9 Å². The molecule has 0 aliphatic heterocycles. The first kappa shape index (κ1) is 16.6. The van der Waals surface area contributed by atoms with Crippen molar-refractivity contribution < 1.29 is 0 Å². The van der Waals surface area contributed by atoms with Crippen molar-refractivity contribution in [2.45, 2.75) is 32.7 Å². The molecule has 1 heterocycles. The number of likely N-dealkylation sites (N-methyl/N-ethyl adjacent to an activating group) is 2. The predicted octanol–water partition coefficient (Wildman–Crippen LogP) is 2.24. The summed E-state index contributed by atoms with van der Waals surface area (Å²) in [6.07, 6.45) is 1.90. The van der Waals surface area contributed by atoms with Gasteiger partial charge in [0.15, 0.2) is 0 Å². The molecule has 0 aromatic carbocycles. The molecule has 0 saturated heterocycles. The van der Waals surface area contributed by atoms with Gasteiger partial charge in [0.05, 0.1) is 11.3 Å². The van der Waals surface area contributed by atoms with Gasteiger partial charge in [-0.3, -0.25) is 4.98 Å². The largest absolute Gasteiger partial charge is 0.308 e.